The van der Waals surface area contributed by atoms with E-state index in [2.05, 4.69) is 26.3 Å². The number of hydrogen-bond acceptors (Lipinski definition) is 5. The number of alkyl carbamates (subject to hydrolysis) is 1. The zero-order chi connectivity index (χ0) is 23.4. The number of halogens is 1. The molecule has 0 aliphatic heterocycles. The van der Waals surface area contributed by atoms with Crippen LogP contribution in [0.2, 0.25) is 0 Å². The van der Waals surface area contributed by atoms with Crippen molar-refractivity contribution in [2.24, 2.45) is 4.99 Å². The fraction of sp³-hybridized carbons (Fsp3) is 0.609. The average molecular weight is 575 g/mol. The minimum atomic E-state index is -0.511. The van der Waals surface area contributed by atoms with Gasteiger partial charge in [-0.2, -0.15) is 0 Å². The van der Waals surface area contributed by atoms with Gasteiger partial charge in [0, 0.05) is 32.2 Å². The summed E-state index contributed by atoms with van der Waals surface area (Å²) in [7, 11) is 0. The molecule has 1 saturated carbocycles. The standard InChI is InChI=1S/C23H37N5O4.HI/c1-5-24-21(26-14-15-27-22(30)32-23(2,3)4)25-13-12-17-6-10-19(11-7-17)31-16-20(29)28-18-8-9-18;/h6-7,10-11,18H,5,8-9,12-16H2,1-4H3,(H,27,30)(H,28,29)(H2,24,25,26);1H. The van der Waals surface area contributed by atoms with Crippen molar-refractivity contribution in [3.05, 3.63) is 29.8 Å². The molecule has 33 heavy (non-hydrogen) atoms. The lowest BCUT2D eigenvalue weighted by molar-refractivity contribution is -0.123. The Bertz CT molecular complexity index is 761. The molecule has 0 heterocycles. The summed E-state index contributed by atoms with van der Waals surface area (Å²) in [5.41, 5.74) is 0.620. The molecule has 10 heteroatoms. The first kappa shape index (κ1) is 28.8. The average Bonchev–Trinajstić information content (AvgIpc) is 3.53. The number of benzene rings is 1. The number of amides is 2. The summed E-state index contributed by atoms with van der Waals surface area (Å²) in [5.74, 6) is 1.30. The predicted molar refractivity (Wildman–Crippen MR) is 140 cm³/mol. The molecule has 0 saturated heterocycles. The van der Waals surface area contributed by atoms with Crippen LogP contribution in [0.15, 0.2) is 29.3 Å². The number of carbonyl (C=O) groups excluding carboxylic acids is 2. The fourth-order valence-corrected chi connectivity index (χ4v) is 2.70. The van der Waals surface area contributed by atoms with Gasteiger partial charge in [0.2, 0.25) is 0 Å². The normalized spacial score (nSPS) is 13.4. The summed E-state index contributed by atoms with van der Waals surface area (Å²) in [4.78, 5) is 27.9. The van der Waals surface area contributed by atoms with Crippen LogP contribution in [-0.2, 0) is 16.0 Å². The lowest BCUT2D eigenvalue weighted by atomic mass is 10.1. The monoisotopic (exact) mass is 575 g/mol. The molecule has 186 valence electrons. The highest BCUT2D eigenvalue weighted by Crippen LogP contribution is 2.18. The highest BCUT2D eigenvalue weighted by molar-refractivity contribution is 14.0. The van der Waals surface area contributed by atoms with Gasteiger partial charge in [-0.05, 0) is 64.7 Å². The molecule has 1 fully saturated rings. The second-order valence-electron chi connectivity index (χ2n) is 8.64. The second-order valence-corrected chi connectivity index (χ2v) is 8.64. The Morgan fingerprint density at radius 3 is 2.33 bits per heavy atom. The Balaban J connectivity index is 0.00000544. The highest BCUT2D eigenvalue weighted by Gasteiger charge is 2.23. The molecule has 2 amide bonds. The van der Waals surface area contributed by atoms with E-state index in [0.717, 1.165) is 31.4 Å². The Labute approximate surface area is 213 Å². The highest BCUT2D eigenvalue weighted by atomic mass is 127. The number of carbonyl (C=O) groups is 2. The van der Waals surface area contributed by atoms with Crippen molar-refractivity contribution in [2.75, 3.05) is 32.8 Å². The first-order chi connectivity index (χ1) is 15.2. The number of nitrogens with one attached hydrogen (secondary N) is 4. The van der Waals surface area contributed by atoms with Crippen LogP contribution in [0.5, 0.6) is 5.75 Å². The SMILES string of the molecule is CCNC(=NCCc1ccc(OCC(=O)NC2CC2)cc1)NCCNC(=O)OC(C)(C)C.I. The van der Waals surface area contributed by atoms with Gasteiger partial charge in [-0.25, -0.2) is 4.79 Å². The molecule has 0 spiro atoms. The van der Waals surface area contributed by atoms with E-state index in [-0.39, 0.29) is 36.5 Å². The summed E-state index contributed by atoms with van der Waals surface area (Å²) >= 11 is 0. The fourth-order valence-electron chi connectivity index (χ4n) is 2.70. The zero-order valence-electron chi connectivity index (χ0n) is 20.0. The molecular weight excluding hydrogens is 537 g/mol. The van der Waals surface area contributed by atoms with Crippen LogP contribution < -0.4 is 26.0 Å². The number of guanidine groups is 1. The summed E-state index contributed by atoms with van der Waals surface area (Å²) in [6.45, 7) is 9.84. The number of hydrogen-bond donors (Lipinski definition) is 4. The molecule has 0 aromatic heterocycles. The molecule has 1 aliphatic carbocycles. The van der Waals surface area contributed by atoms with Crippen molar-refractivity contribution in [3.8, 4) is 5.75 Å². The van der Waals surface area contributed by atoms with Gasteiger partial charge in [0.15, 0.2) is 12.6 Å². The Kier molecular flexibility index (Phi) is 12.9. The quantitative estimate of drug-likeness (QED) is 0.140. The largest absolute Gasteiger partial charge is 0.484 e. The lowest BCUT2D eigenvalue weighted by Crippen LogP contribution is -2.42. The summed E-state index contributed by atoms with van der Waals surface area (Å²) in [6, 6.07) is 8.05. The first-order valence-electron chi connectivity index (χ1n) is 11.3. The van der Waals surface area contributed by atoms with Crippen LogP contribution in [0.4, 0.5) is 4.79 Å². The van der Waals surface area contributed by atoms with Crippen LogP contribution in [0.1, 0.15) is 46.1 Å². The van der Waals surface area contributed by atoms with Gasteiger partial charge in [0.05, 0.1) is 0 Å². The minimum Gasteiger partial charge on any atom is -0.484 e. The van der Waals surface area contributed by atoms with E-state index >= 15 is 0 Å². The smallest absolute Gasteiger partial charge is 0.407 e. The van der Waals surface area contributed by atoms with Crippen LogP contribution in [0.25, 0.3) is 0 Å². The van der Waals surface area contributed by atoms with Gasteiger partial charge >= 0.3 is 6.09 Å². The number of rotatable bonds is 11. The van der Waals surface area contributed by atoms with E-state index in [1.165, 1.54) is 0 Å². The van der Waals surface area contributed by atoms with Crippen molar-refractivity contribution in [1.29, 1.82) is 0 Å². The van der Waals surface area contributed by atoms with Crippen LogP contribution in [-0.4, -0.2) is 62.4 Å². The van der Waals surface area contributed by atoms with Crippen molar-refractivity contribution >= 4 is 41.9 Å². The minimum absolute atomic E-state index is 0. The van der Waals surface area contributed by atoms with E-state index in [4.69, 9.17) is 9.47 Å². The molecule has 1 aromatic carbocycles. The van der Waals surface area contributed by atoms with Crippen molar-refractivity contribution < 1.29 is 19.1 Å². The Morgan fingerprint density at radius 2 is 1.73 bits per heavy atom. The van der Waals surface area contributed by atoms with Gasteiger partial charge in [0.1, 0.15) is 11.4 Å². The van der Waals surface area contributed by atoms with Crippen molar-refractivity contribution in [3.63, 3.8) is 0 Å². The zero-order valence-corrected chi connectivity index (χ0v) is 22.4. The summed E-state index contributed by atoms with van der Waals surface area (Å²) in [5, 5.41) is 12.0. The van der Waals surface area contributed by atoms with Crippen LogP contribution >= 0.6 is 24.0 Å². The second kappa shape index (κ2) is 14.8. The molecule has 2 rings (SSSR count). The third-order valence-corrected chi connectivity index (χ3v) is 4.34. The molecule has 0 unspecified atom stereocenters. The summed E-state index contributed by atoms with van der Waals surface area (Å²) < 4.78 is 10.7. The van der Waals surface area contributed by atoms with E-state index in [9.17, 15) is 9.59 Å². The third kappa shape index (κ3) is 13.8. The molecule has 0 atom stereocenters. The van der Waals surface area contributed by atoms with Crippen molar-refractivity contribution in [1.82, 2.24) is 21.3 Å². The molecule has 0 bridgehead atoms. The molecule has 1 aliphatic rings. The topological polar surface area (TPSA) is 113 Å². The molecule has 1 aromatic rings. The van der Waals surface area contributed by atoms with E-state index in [1.807, 2.05) is 52.0 Å². The number of ether oxygens (including phenoxy) is 2. The molecule has 4 N–H and O–H groups in total. The van der Waals surface area contributed by atoms with Gasteiger partial charge in [-0.3, -0.25) is 9.79 Å². The van der Waals surface area contributed by atoms with E-state index in [0.29, 0.717) is 37.4 Å². The van der Waals surface area contributed by atoms with E-state index in [1.54, 1.807) is 0 Å². The predicted octanol–water partition coefficient (Wildman–Crippen LogP) is 2.58. The molecule has 0 radical (unpaired) electrons. The maximum absolute atomic E-state index is 11.7. The first-order valence-corrected chi connectivity index (χ1v) is 11.3. The number of nitrogens with zero attached hydrogens (tertiary/aromatic N) is 1. The Morgan fingerprint density at radius 1 is 1.06 bits per heavy atom. The van der Waals surface area contributed by atoms with Crippen LogP contribution in [0.3, 0.4) is 0 Å². The third-order valence-electron chi connectivity index (χ3n) is 4.34. The maximum Gasteiger partial charge on any atom is 0.407 e. The van der Waals surface area contributed by atoms with E-state index < -0.39 is 11.7 Å². The van der Waals surface area contributed by atoms with Gasteiger partial charge < -0.3 is 30.7 Å². The van der Waals surface area contributed by atoms with Gasteiger partial charge in [-0.15, -0.1) is 24.0 Å². The number of aliphatic imine (C=N–C) groups is 1. The van der Waals surface area contributed by atoms with Gasteiger partial charge in [-0.1, -0.05) is 12.1 Å². The maximum atomic E-state index is 11.7. The molecular formula is C23H38IN5O4. The molecule has 9 nitrogen and oxygen atoms in total. The van der Waals surface area contributed by atoms with Gasteiger partial charge in [0.25, 0.3) is 5.91 Å². The summed E-state index contributed by atoms with van der Waals surface area (Å²) in [6.07, 6.45) is 2.47. The Hall–Kier alpha value is -2.24. The van der Waals surface area contributed by atoms with Crippen LogP contribution in [0, 0.1) is 0 Å². The van der Waals surface area contributed by atoms with Crippen molar-refractivity contribution in [2.45, 2.75) is 58.6 Å². The lowest BCUT2D eigenvalue weighted by Gasteiger charge is -2.19.